The standard InChI is InChI=1S/C21H19ClFNO5S2/c1-12-19(21(25)28-3)20(13(2)29-12)31(26,27)24-17-9-4-5-10-18(17)30-11-14-15(22)7-6-8-16(14)23/h4-10,24H,11H2,1-3H3. The molecule has 0 aliphatic rings. The molecule has 2 aromatic carbocycles. The number of hydrogen-bond donors (Lipinski definition) is 1. The summed E-state index contributed by atoms with van der Waals surface area (Å²) < 4.78 is 52.9. The number of carbonyl (C=O) groups excluding carboxylic acids is 1. The van der Waals surface area contributed by atoms with E-state index in [1.54, 1.807) is 30.3 Å². The van der Waals surface area contributed by atoms with E-state index in [1.165, 1.54) is 37.7 Å². The van der Waals surface area contributed by atoms with Gasteiger partial charge in [0.25, 0.3) is 10.0 Å². The van der Waals surface area contributed by atoms with Crippen LogP contribution in [0.3, 0.4) is 0 Å². The van der Waals surface area contributed by atoms with Crippen LogP contribution in [-0.2, 0) is 20.5 Å². The quantitative estimate of drug-likeness (QED) is 0.349. The Kier molecular flexibility index (Phi) is 6.98. The van der Waals surface area contributed by atoms with E-state index in [4.69, 9.17) is 20.8 Å². The number of para-hydroxylation sites is 1. The Hall–Kier alpha value is -2.49. The first-order chi connectivity index (χ1) is 14.7. The van der Waals surface area contributed by atoms with E-state index < -0.39 is 21.8 Å². The predicted octanol–water partition coefficient (Wildman–Crippen LogP) is 5.57. The molecule has 0 bridgehead atoms. The molecule has 0 amide bonds. The number of aryl methyl sites for hydroxylation is 2. The third-order valence-corrected chi connectivity index (χ3v) is 7.40. The topological polar surface area (TPSA) is 85.6 Å². The molecule has 3 rings (SSSR count). The number of furan rings is 1. The lowest BCUT2D eigenvalue weighted by Crippen LogP contribution is -2.18. The second-order valence-electron chi connectivity index (χ2n) is 6.50. The Morgan fingerprint density at radius 2 is 1.87 bits per heavy atom. The zero-order valence-electron chi connectivity index (χ0n) is 16.9. The number of benzene rings is 2. The third-order valence-electron chi connectivity index (χ3n) is 4.43. The van der Waals surface area contributed by atoms with Crippen molar-refractivity contribution in [3.05, 3.63) is 76.0 Å². The average molecular weight is 484 g/mol. The van der Waals surface area contributed by atoms with Crippen LogP contribution in [0.5, 0.6) is 0 Å². The van der Waals surface area contributed by atoms with Gasteiger partial charge >= 0.3 is 5.97 Å². The molecule has 0 fully saturated rings. The van der Waals surface area contributed by atoms with Gasteiger partial charge in [-0.25, -0.2) is 17.6 Å². The fourth-order valence-electron chi connectivity index (χ4n) is 3.02. The van der Waals surface area contributed by atoms with Crippen molar-refractivity contribution < 1.29 is 26.8 Å². The molecule has 0 radical (unpaired) electrons. The number of methoxy groups -OCH3 is 1. The number of anilines is 1. The van der Waals surface area contributed by atoms with E-state index in [0.29, 0.717) is 10.5 Å². The Morgan fingerprint density at radius 1 is 1.16 bits per heavy atom. The molecule has 6 nitrogen and oxygen atoms in total. The number of carbonyl (C=O) groups is 1. The summed E-state index contributed by atoms with van der Waals surface area (Å²) in [5.41, 5.74) is 0.436. The Bertz CT molecular complexity index is 1220. The van der Waals surface area contributed by atoms with Gasteiger partial charge in [0, 0.05) is 21.2 Å². The highest BCUT2D eigenvalue weighted by molar-refractivity contribution is 7.98. The maximum absolute atomic E-state index is 14.1. The molecule has 1 heterocycles. The van der Waals surface area contributed by atoms with Crippen molar-refractivity contribution in [1.29, 1.82) is 0 Å². The number of rotatable bonds is 7. The lowest BCUT2D eigenvalue weighted by atomic mass is 10.2. The van der Waals surface area contributed by atoms with Crippen LogP contribution in [-0.4, -0.2) is 21.5 Å². The van der Waals surface area contributed by atoms with Crippen molar-refractivity contribution in [2.45, 2.75) is 29.4 Å². The molecule has 0 aliphatic heterocycles. The second-order valence-corrected chi connectivity index (χ2v) is 9.54. The number of sulfonamides is 1. The highest BCUT2D eigenvalue weighted by Crippen LogP contribution is 2.35. The molecule has 0 saturated carbocycles. The Morgan fingerprint density at radius 3 is 2.55 bits per heavy atom. The third kappa shape index (κ3) is 4.89. The Labute approximate surface area is 188 Å². The van der Waals surface area contributed by atoms with E-state index in [1.807, 2.05) is 0 Å². The van der Waals surface area contributed by atoms with Gasteiger partial charge < -0.3 is 9.15 Å². The molecule has 31 heavy (non-hydrogen) atoms. The van der Waals surface area contributed by atoms with Gasteiger partial charge in [-0.05, 0) is 38.1 Å². The lowest BCUT2D eigenvalue weighted by molar-refractivity contribution is 0.0595. The first-order valence-corrected chi connectivity index (χ1v) is 11.9. The number of halogens is 2. The number of esters is 1. The van der Waals surface area contributed by atoms with Crippen molar-refractivity contribution in [2.75, 3.05) is 11.8 Å². The predicted molar refractivity (Wildman–Crippen MR) is 118 cm³/mol. The SMILES string of the molecule is COC(=O)c1c(C)oc(C)c1S(=O)(=O)Nc1ccccc1SCc1c(F)cccc1Cl. The van der Waals surface area contributed by atoms with E-state index >= 15 is 0 Å². The van der Waals surface area contributed by atoms with Crippen molar-refractivity contribution in [1.82, 2.24) is 0 Å². The fraction of sp³-hybridized carbons (Fsp3) is 0.190. The molecular weight excluding hydrogens is 465 g/mol. The van der Waals surface area contributed by atoms with Crippen LogP contribution >= 0.6 is 23.4 Å². The first kappa shape index (κ1) is 23.2. The summed E-state index contributed by atoms with van der Waals surface area (Å²) in [6.45, 7) is 2.94. The minimum absolute atomic E-state index is 0.0636. The summed E-state index contributed by atoms with van der Waals surface area (Å²) in [6.07, 6.45) is 0. The number of ether oxygens (including phenoxy) is 1. The van der Waals surface area contributed by atoms with Gasteiger partial charge in [0.05, 0.1) is 12.8 Å². The van der Waals surface area contributed by atoms with E-state index in [2.05, 4.69) is 4.72 Å². The zero-order chi connectivity index (χ0) is 22.8. The van der Waals surface area contributed by atoms with Gasteiger partial charge in [0.15, 0.2) is 0 Å². The van der Waals surface area contributed by atoms with Gasteiger partial charge in [-0.2, -0.15) is 0 Å². The van der Waals surface area contributed by atoms with Crippen molar-refractivity contribution >= 4 is 45.0 Å². The molecule has 1 aromatic heterocycles. The molecular formula is C21H19ClFNO5S2. The van der Waals surface area contributed by atoms with Crippen LogP contribution in [0, 0.1) is 19.7 Å². The smallest absolute Gasteiger partial charge is 0.342 e. The van der Waals surface area contributed by atoms with Crippen LogP contribution in [0.25, 0.3) is 0 Å². The van der Waals surface area contributed by atoms with Gasteiger partial charge in [0.2, 0.25) is 0 Å². The zero-order valence-corrected chi connectivity index (χ0v) is 19.3. The number of hydrogen-bond acceptors (Lipinski definition) is 6. The van der Waals surface area contributed by atoms with Crippen LogP contribution in [0.15, 0.2) is 56.7 Å². The van der Waals surface area contributed by atoms with E-state index in [-0.39, 0.29) is 38.4 Å². The molecule has 0 atom stereocenters. The van der Waals surface area contributed by atoms with Crippen molar-refractivity contribution in [3.8, 4) is 0 Å². The number of thioether (sulfide) groups is 1. The van der Waals surface area contributed by atoms with Gasteiger partial charge in [-0.15, -0.1) is 11.8 Å². The fourth-order valence-corrected chi connectivity index (χ4v) is 5.92. The molecule has 3 aromatic rings. The minimum atomic E-state index is -4.19. The highest BCUT2D eigenvalue weighted by Gasteiger charge is 2.32. The molecule has 0 unspecified atom stereocenters. The number of nitrogens with one attached hydrogen (secondary N) is 1. The summed E-state index contributed by atoms with van der Waals surface area (Å²) in [7, 11) is -3.03. The van der Waals surface area contributed by atoms with Crippen LogP contribution in [0.4, 0.5) is 10.1 Å². The molecule has 1 N–H and O–H groups in total. The molecule has 0 aliphatic carbocycles. The average Bonchev–Trinajstić information content (AvgIpc) is 3.02. The lowest BCUT2D eigenvalue weighted by Gasteiger charge is -2.13. The van der Waals surface area contributed by atoms with Gasteiger partial charge in [-0.3, -0.25) is 4.72 Å². The molecule has 0 spiro atoms. The van der Waals surface area contributed by atoms with Crippen molar-refractivity contribution in [3.63, 3.8) is 0 Å². The minimum Gasteiger partial charge on any atom is -0.465 e. The van der Waals surface area contributed by atoms with Crippen LogP contribution < -0.4 is 4.72 Å². The van der Waals surface area contributed by atoms with Crippen LogP contribution in [0.2, 0.25) is 5.02 Å². The van der Waals surface area contributed by atoms with Gasteiger partial charge in [-0.1, -0.05) is 29.8 Å². The van der Waals surface area contributed by atoms with E-state index in [9.17, 15) is 17.6 Å². The molecule has 10 heteroatoms. The van der Waals surface area contributed by atoms with E-state index in [0.717, 1.165) is 7.11 Å². The normalized spacial score (nSPS) is 11.4. The summed E-state index contributed by atoms with van der Waals surface area (Å²) in [5, 5.41) is 0.290. The summed E-state index contributed by atoms with van der Waals surface area (Å²) in [5.74, 6) is -0.853. The Balaban J connectivity index is 1.93. The summed E-state index contributed by atoms with van der Waals surface area (Å²) >= 11 is 7.31. The monoisotopic (exact) mass is 483 g/mol. The molecule has 164 valence electrons. The molecule has 0 saturated heterocycles. The summed E-state index contributed by atoms with van der Waals surface area (Å²) in [4.78, 5) is 12.4. The maximum atomic E-state index is 14.1. The summed E-state index contributed by atoms with van der Waals surface area (Å²) in [6, 6.07) is 11.1. The maximum Gasteiger partial charge on any atom is 0.342 e. The second kappa shape index (κ2) is 9.33. The van der Waals surface area contributed by atoms with Crippen molar-refractivity contribution in [2.24, 2.45) is 0 Å². The van der Waals surface area contributed by atoms with Gasteiger partial charge in [0.1, 0.15) is 27.8 Å². The largest absolute Gasteiger partial charge is 0.465 e. The first-order valence-electron chi connectivity index (χ1n) is 9.01. The highest BCUT2D eigenvalue weighted by atomic mass is 35.5. The van der Waals surface area contributed by atoms with Crippen LogP contribution in [0.1, 0.15) is 27.4 Å².